The zero-order valence-corrected chi connectivity index (χ0v) is 14.5. The molecule has 0 saturated heterocycles. The summed E-state index contributed by atoms with van der Waals surface area (Å²) in [6.07, 6.45) is 5.53. The molecule has 8 nitrogen and oxygen atoms in total. The second-order valence-corrected chi connectivity index (χ2v) is 7.34. The van der Waals surface area contributed by atoms with E-state index in [1.807, 2.05) is 6.07 Å². The molecule has 1 amide bonds. The number of carbonyl (C=O) groups excluding carboxylic acids is 1. The number of nitrogens with zero attached hydrogens (tertiary/aromatic N) is 3. The molecule has 0 radical (unpaired) electrons. The van der Waals surface area contributed by atoms with Gasteiger partial charge in [0.2, 0.25) is 5.88 Å². The number of carboxylic acid groups (broad SMARTS) is 1. The van der Waals surface area contributed by atoms with Crippen molar-refractivity contribution in [3.8, 4) is 5.88 Å². The summed E-state index contributed by atoms with van der Waals surface area (Å²) in [5.74, 6) is -0.693. The van der Waals surface area contributed by atoms with Gasteiger partial charge in [-0.1, -0.05) is 6.07 Å². The van der Waals surface area contributed by atoms with Gasteiger partial charge in [0.25, 0.3) is 5.91 Å². The van der Waals surface area contributed by atoms with E-state index in [0.717, 1.165) is 30.3 Å². The highest BCUT2D eigenvalue weighted by Crippen LogP contribution is 2.50. The lowest BCUT2D eigenvalue weighted by molar-refractivity contribution is -0.137. The zero-order valence-electron chi connectivity index (χ0n) is 14.5. The minimum Gasteiger partial charge on any atom is -0.480 e. The Labute approximate surface area is 154 Å². The van der Waals surface area contributed by atoms with Gasteiger partial charge >= 0.3 is 5.97 Å². The fourth-order valence-electron chi connectivity index (χ4n) is 3.66. The van der Waals surface area contributed by atoms with Gasteiger partial charge in [-0.25, -0.2) is 4.68 Å². The highest BCUT2D eigenvalue weighted by molar-refractivity contribution is 6.10. The van der Waals surface area contributed by atoms with Crippen LogP contribution in [0.2, 0.25) is 0 Å². The molecule has 2 aliphatic rings. The largest absolute Gasteiger partial charge is 0.480 e. The van der Waals surface area contributed by atoms with Crippen LogP contribution in [0.5, 0.6) is 5.88 Å². The number of aliphatic carboxylic acids is 1. The van der Waals surface area contributed by atoms with Crippen LogP contribution in [0.1, 0.15) is 23.2 Å². The first-order chi connectivity index (χ1) is 13.0. The lowest BCUT2D eigenvalue weighted by Crippen LogP contribution is -2.28. The first-order valence-corrected chi connectivity index (χ1v) is 8.84. The maximum absolute atomic E-state index is 12.8. The molecule has 1 saturated carbocycles. The van der Waals surface area contributed by atoms with Crippen LogP contribution in [0.4, 0.5) is 5.69 Å². The van der Waals surface area contributed by atoms with Gasteiger partial charge in [0.1, 0.15) is 12.1 Å². The third-order valence-corrected chi connectivity index (χ3v) is 5.36. The maximum Gasteiger partial charge on any atom is 0.323 e. The Balaban J connectivity index is 1.43. The number of nitrogens with one attached hydrogen (secondary N) is 1. The maximum atomic E-state index is 12.8. The summed E-state index contributed by atoms with van der Waals surface area (Å²) in [4.78, 5) is 23.8. The summed E-state index contributed by atoms with van der Waals surface area (Å²) in [5.41, 5.74) is 1.99. The van der Waals surface area contributed by atoms with Crippen molar-refractivity contribution in [2.24, 2.45) is 5.41 Å². The summed E-state index contributed by atoms with van der Waals surface area (Å²) in [5, 5.41) is 17.0. The average Bonchev–Trinajstić information content (AvgIpc) is 3.07. The number of fused-ring (bicyclic) bond motifs is 2. The number of anilines is 1. The van der Waals surface area contributed by atoms with Crippen LogP contribution in [0.25, 0.3) is 10.9 Å². The van der Waals surface area contributed by atoms with E-state index in [1.54, 1.807) is 39.8 Å². The number of aromatic nitrogens is 3. The van der Waals surface area contributed by atoms with E-state index in [9.17, 15) is 9.59 Å². The summed E-state index contributed by atoms with van der Waals surface area (Å²) in [6, 6.07) is 7.21. The quantitative estimate of drug-likeness (QED) is 0.739. The highest BCUT2D eigenvalue weighted by Gasteiger charge is 2.47. The van der Waals surface area contributed by atoms with Gasteiger partial charge in [0, 0.05) is 17.0 Å². The molecule has 5 rings (SSSR count). The van der Waals surface area contributed by atoms with Crippen molar-refractivity contribution in [3.05, 3.63) is 42.2 Å². The van der Waals surface area contributed by atoms with E-state index >= 15 is 0 Å². The van der Waals surface area contributed by atoms with Crippen molar-refractivity contribution in [1.29, 1.82) is 0 Å². The van der Waals surface area contributed by atoms with E-state index in [4.69, 9.17) is 9.84 Å². The Morgan fingerprint density at radius 2 is 2.15 bits per heavy atom. The molecule has 0 unspecified atom stereocenters. The van der Waals surface area contributed by atoms with Gasteiger partial charge in [-0.05, 0) is 31.0 Å². The zero-order chi connectivity index (χ0) is 18.6. The Morgan fingerprint density at radius 3 is 2.93 bits per heavy atom. The fourth-order valence-corrected chi connectivity index (χ4v) is 3.66. The first kappa shape index (κ1) is 15.9. The number of carboxylic acids is 1. The number of benzene rings is 1. The normalized spacial score (nSPS) is 16.7. The monoisotopic (exact) mass is 366 g/mol. The second kappa shape index (κ2) is 5.60. The van der Waals surface area contributed by atoms with Gasteiger partial charge in [-0.3, -0.25) is 9.59 Å². The summed E-state index contributed by atoms with van der Waals surface area (Å²) < 4.78 is 9.24. The third kappa shape index (κ3) is 2.64. The Kier molecular flexibility index (Phi) is 3.30. The molecule has 3 heterocycles. The standard InChI is InChI=1S/C19H18N4O4/c24-16(25)9-22-7-4-12-14(2-1-3-15(12)22)21-17(26)13-8-20-23-10-19(5-6-19)11-27-18(13)23/h1-4,7-8H,5-6,9-11H2,(H,21,26)(H,24,25). The molecular formula is C19H18N4O4. The van der Waals surface area contributed by atoms with Crippen molar-refractivity contribution in [1.82, 2.24) is 14.3 Å². The van der Waals surface area contributed by atoms with E-state index in [0.29, 0.717) is 23.7 Å². The smallest absolute Gasteiger partial charge is 0.323 e. The fraction of sp³-hybridized carbons (Fsp3) is 0.316. The van der Waals surface area contributed by atoms with Gasteiger partial charge in [-0.15, -0.1) is 0 Å². The molecule has 3 aromatic rings. The van der Waals surface area contributed by atoms with Crippen LogP contribution in [-0.4, -0.2) is 37.9 Å². The number of amides is 1. The lowest BCUT2D eigenvalue weighted by Gasteiger charge is -2.24. The third-order valence-electron chi connectivity index (χ3n) is 5.36. The first-order valence-electron chi connectivity index (χ1n) is 8.84. The van der Waals surface area contributed by atoms with Crippen LogP contribution in [-0.2, 0) is 17.9 Å². The number of carbonyl (C=O) groups is 2. The molecule has 27 heavy (non-hydrogen) atoms. The summed E-state index contributed by atoms with van der Waals surface area (Å²) in [7, 11) is 0. The van der Waals surface area contributed by atoms with Gasteiger partial charge in [0.15, 0.2) is 0 Å². The average molecular weight is 366 g/mol. The van der Waals surface area contributed by atoms with Crippen LogP contribution in [0.15, 0.2) is 36.7 Å². The minimum atomic E-state index is -0.918. The van der Waals surface area contributed by atoms with Crippen molar-refractivity contribution in [2.75, 3.05) is 11.9 Å². The van der Waals surface area contributed by atoms with Crippen molar-refractivity contribution >= 4 is 28.5 Å². The Morgan fingerprint density at radius 1 is 1.30 bits per heavy atom. The lowest BCUT2D eigenvalue weighted by atomic mass is 10.1. The van der Waals surface area contributed by atoms with Crippen LogP contribution in [0.3, 0.4) is 0 Å². The van der Waals surface area contributed by atoms with Gasteiger partial charge in [-0.2, -0.15) is 5.10 Å². The number of rotatable bonds is 4. The molecule has 1 spiro atoms. The molecular weight excluding hydrogens is 348 g/mol. The van der Waals surface area contributed by atoms with Crippen LogP contribution < -0.4 is 10.1 Å². The van der Waals surface area contributed by atoms with Crippen molar-refractivity contribution in [3.63, 3.8) is 0 Å². The molecule has 2 N–H and O–H groups in total. The van der Waals surface area contributed by atoms with Crippen LogP contribution >= 0.6 is 0 Å². The van der Waals surface area contributed by atoms with E-state index in [1.165, 1.54) is 0 Å². The molecule has 1 aliphatic carbocycles. The van der Waals surface area contributed by atoms with Crippen molar-refractivity contribution < 1.29 is 19.4 Å². The van der Waals surface area contributed by atoms with Crippen molar-refractivity contribution in [2.45, 2.75) is 25.9 Å². The highest BCUT2D eigenvalue weighted by atomic mass is 16.5. The SMILES string of the molecule is O=C(O)Cn1ccc2c(NC(=O)c3cnn4c3OCC3(CC3)C4)cccc21. The molecule has 1 aromatic carbocycles. The van der Waals surface area contributed by atoms with Gasteiger partial charge < -0.3 is 19.7 Å². The molecule has 138 valence electrons. The molecule has 2 aromatic heterocycles. The molecule has 8 heteroatoms. The van der Waals surface area contributed by atoms with Crippen LogP contribution in [0, 0.1) is 5.41 Å². The van der Waals surface area contributed by atoms with E-state index in [-0.39, 0.29) is 17.9 Å². The molecule has 0 bridgehead atoms. The minimum absolute atomic E-state index is 0.132. The summed E-state index contributed by atoms with van der Waals surface area (Å²) in [6.45, 7) is 1.29. The number of ether oxygens (including phenoxy) is 1. The molecule has 0 atom stereocenters. The number of hydrogen-bond acceptors (Lipinski definition) is 4. The topological polar surface area (TPSA) is 98.4 Å². The summed E-state index contributed by atoms with van der Waals surface area (Å²) >= 11 is 0. The van der Waals surface area contributed by atoms with Gasteiger partial charge in [0.05, 0.1) is 30.6 Å². The van der Waals surface area contributed by atoms with E-state index < -0.39 is 5.97 Å². The second-order valence-electron chi connectivity index (χ2n) is 7.34. The molecule has 1 fully saturated rings. The predicted molar refractivity (Wildman–Crippen MR) is 96.9 cm³/mol. The number of hydrogen-bond donors (Lipinski definition) is 2. The predicted octanol–water partition coefficient (Wildman–Crippen LogP) is 2.35. The Bertz CT molecular complexity index is 1080. The Hall–Kier alpha value is -3.29. The molecule has 1 aliphatic heterocycles. The van der Waals surface area contributed by atoms with E-state index in [2.05, 4.69) is 10.4 Å².